The lowest BCUT2D eigenvalue weighted by molar-refractivity contribution is -0.137. The van der Waals surface area contributed by atoms with Gasteiger partial charge in [-0.1, -0.05) is 12.1 Å². The van der Waals surface area contributed by atoms with E-state index >= 15 is 0 Å². The summed E-state index contributed by atoms with van der Waals surface area (Å²) in [6.45, 7) is 1.25. The van der Waals surface area contributed by atoms with Crippen LogP contribution >= 0.6 is 0 Å². The summed E-state index contributed by atoms with van der Waals surface area (Å²) in [6, 6.07) is 6.86. The third-order valence-electron chi connectivity index (χ3n) is 4.55. The van der Waals surface area contributed by atoms with Crippen LogP contribution in [0.25, 0.3) is 16.8 Å². The number of nitrogens with zero attached hydrogens (tertiary/aromatic N) is 4. The normalized spacial score (nSPS) is 18.5. The number of benzene rings is 1. The van der Waals surface area contributed by atoms with E-state index in [-0.39, 0.29) is 0 Å². The predicted octanol–water partition coefficient (Wildman–Crippen LogP) is 3.38. The van der Waals surface area contributed by atoms with Crippen LogP contribution in [0.5, 0.6) is 0 Å². The van der Waals surface area contributed by atoms with Crippen molar-refractivity contribution in [2.75, 3.05) is 18.0 Å². The van der Waals surface area contributed by atoms with E-state index in [2.05, 4.69) is 10.1 Å². The van der Waals surface area contributed by atoms with Crippen LogP contribution < -0.4 is 4.90 Å². The van der Waals surface area contributed by atoms with Gasteiger partial charge in [0.25, 0.3) is 0 Å². The second-order valence-electron chi connectivity index (χ2n) is 6.43. The largest absolute Gasteiger partial charge is 0.416 e. The average molecular weight is 362 g/mol. The average Bonchev–Trinajstić information content (AvgIpc) is 3.05. The number of piperidine rings is 1. The summed E-state index contributed by atoms with van der Waals surface area (Å²) in [5, 5.41) is 14.3. The highest BCUT2D eigenvalue weighted by Crippen LogP contribution is 2.33. The van der Waals surface area contributed by atoms with E-state index in [1.54, 1.807) is 29.0 Å². The van der Waals surface area contributed by atoms with Crippen molar-refractivity contribution in [2.24, 2.45) is 0 Å². The lowest BCUT2D eigenvalue weighted by atomic mass is 10.1. The minimum absolute atomic E-state index is 0.396. The van der Waals surface area contributed by atoms with Crippen molar-refractivity contribution in [3.05, 3.63) is 48.3 Å². The fourth-order valence-corrected chi connectivity index (χ4v) is 3.29. The highest BCUT2D eigenvalue weighted by atomic mass is 19.4. The zero-order valence-corrected chi connectivity index (χ0v) is 13.8. The molecule has 0 aliphatic carbocycles. The van der Waals surface area contributed by atoms with Gasteiger partial charge >= 0.3 is 6.18 Å². The Balaban J connectivity index is 1.76. The Morgan fingerprint density at radius 3 is 2.81 bits per heavy atom. The zero-order valence-electron chi connectivity index (χ0n) is 13.8. The number of anilines is 1. The molecule has 1 aromatic carbocycles. The maximum absolute atomic E-state index is 13.0. The Labute approximate surface area is 147 Å². The molecule has 1 aliphatic rings. The molecule has 0 saturated carbocycles. The molecule has 1 saturated heterocycles. The maximum atomic E-state index is 13.0. The highest BCUT2D eigenvalue weighted by Gasteiger charge is 2.30. The molecule has 2 aromatic heterocycles. The summed E-state index contributed by atoms with van der Waals surface area (Å²) in [5.41, 5.74) is 0.842. The minimum atomic E-state index is -4.40. The molecule has 1 unspecified atom stereocenters. The second kappa shape index (κ2) is 6.28. The fourth-order valence-electron chi connectivity index (χ4n) is 3.29. The van der Waals surface area contributed by atoms with Gasteiger partial charge in [0.2, 0.25) is 0 Å². The van der Waals surface area contributed by atoms with Gasteiger partial charge in [0.1, 0.15) is 5.52 Å². The Morgan fingerprint density at radius 1 is 1.19 bits per heavy atom. The molecule has 0 spiro atoms. The third-order valence-corrected chi connectivity index (χ3v) is 4.55. The van der Waals surface area contributed by atoms with Crippen LogP contribution in [-0.2, 0) is 6.18 Å². The molecule has 1 atom stereocenters. The molecule has 0 bridgehead atoms. The molecule has 3 heterocycles. The van der Waals surface area contributed by atoms with Crippen LogP contribution in [0.15, 0.2) is 42.7 Å². The van der Waals surface area contributed by atoms with Crippen LogP contribution in [0.4, 0.5) is 19.0 Å². The summed E-state index contributed by atoms with van der Waals surface area (Å²) in [5.74, 6) is 0.678. The first kappa shape index (κ1) is 16.8. The van der Waals surface area contributed by atoms with Crippen molar-refractivity contribution >= 4 is 11.3 Å². The molecule has 0 radical (unpaired) electrons. The van der Waals surface area contributed by atoms with Gasteiger partial charge < -0.3 is 10.0 Å². The molecular formula is C18H17F3N4O. The van der Waals surface area contributed by atoms with Crippen LogP contribution in [-0.4, -0.2) is 38.9 Å². The van der Waals surface area contributed by atoms with E-state index in [0.29, 0.717) is 29.1 Å². The van der Waals surface area contributed by atoms with E-state index in [1.807, 2.05) is 4.90 Å². The first-order valence-electron chi connectivity index (χ1n) is 8.37. The van der Waals surface area contributed by atoms with E-state index in [9.17, 15) is 18.3 Å². The van der Waals surface area contributed by atoms with Gasteiger partial charge in [0.05, 0.1) is 17.4 Å². The van der Waals surface area contributed by atoms with Crippen molar-refractivity contribution in [1.29, 1.82) is 0 Å². The summed E-state index contributed by atoms with van der Waals surface area (Å²) >= 11 is 0. The zero-order chi connectivity index (χ0) is 18.3. The Morgan fingerprint density at radius 2 is 2.04 bits per heavy atom. The summed E-state index contributed by atoms with van der Waals surface area (Å²) in [4.78, 5) is 6.39. The number of aliphatic hydroxyl groups is 1. The monoisotopic (exact) mass is 362 g/mol. The number of aliphatic hydroxyl groups excluding tert-OH is 1. The molecule has 5 nitrogen and oxygen atoms in total. The van der Waals surface area contributed by atoms with Gasteiger partial charge in [0, 0.05) is 31.0 Å². The van der Waals surface area contributed by atoms with E-state index in [0.717, 1.165) is 31.5 Å². The molecule has 1 fully saturated rings. The van der Waals surface area contributed by atoms with E-state index in [4.69, 9.17) is 0 Å². The SMILES string of the molecule is OC1CCCN(c2nccn3nc(-c4cccc(C(F)(F)F)c4)cc23)C1. The molecule has 136 valence electrons. The molecular weight excluding hydrogens is 345 g/mol. The lowest BCUT2D eigenvalue weighted by Gasteiger charge is -2.31. The van der Waals surface area contributed by atoms with Crippen molar-refractivity contribution in [3.8, 4) is 11.3 Å². The molecule has 3 aromatic rings. The summed E-state index contributed by atoms with van der Waals surface area (Å²) < 4.78 is 40.5. The van der Waals surface area contributed by atoms with Gasteiger partial charge in [-0.2, -0.15) is 18.3 Å². The first-order chi connectivity index (χ1) is 12.4. The number of hydrogen-bond donors (Lipinski definition) is 1. The number of β-amino-alcohol motifs (C(OH)–C–C–N with tert-alkyl or cyclic N) is 1. The van der Waals surface area contributed by atoms with Gasteiger partial charge in [-0.05, 0) is 31.0 Å². The Hall–Kier alpha value is -2.61. The Bertz CT molecular complexity index is 938. The van der Waals surface area contributed by atoms with Crippen LogP contribution in [0.1, 0.15) is 18.4 Å². The molecule has 8 heteroatoms. The summed E-state index contributed by atoms with van der Waals surface area (Å²) in [7, 11) is 0. The van der Waals surface area contributed by atoms with Gasteiger partial charge in [0.15, 0.2) is 5.82 Å². The maximum Gasteiger partial charge on any atom is 0.416 e. The Kier molecular flexibility index (Phi) is 4.07. The molecule has 26 heavy (non-hydrogen) atoms. The number of halogens is 3. The third kappa shape index (κ3) is 3.12. The van der Waals surface area contributed by atoms with E-state index < -0.39 is 17.8 Å². The quantitative estimate of drug-likeness (QED) is 0.759. The summed E-state index contributed by atoms with van der Waals surface area (Å²) in [6.07, 6.45) is 0.0815. The predicted molar refractivity (Wildman–Crippen MR) is 90.9 cm³/mol. The highest BCUT2D eigenvalue weighted by molar-refractivity contribution is 5.75. The van der Waals surface area contributed by atoms with Crippen LogP contribution in [0.2, 0.25) is 0 Å². The standard InChI is InChI=1S/C18H17F3N4O/c19-18(20,21)13-4-1-3-12(9-13)15-10-16-17(22-6-8-25(16)23-15)24-7-2-5-14(26)11-24/h1,3-4,6,8-10,14,26H,2,5,7,11H2. The first-order valence-corrected chi connectivity index (χ1v) is 8.37. The minimum Gasteiger partial charge on any atom is -0.391 e. The number of fused-ring (bicyclic) bond motifs is 1. The molecule has 1 aliphatic heterocycles. The van der Waals surface area contributed by atoms with Crippen LogP contribution in [0, 0.1) is 0 Å². The van der Waals surface area contributed by atoms with Crippen molar-refractivity contribution in [3.63, 3.8) is 0 Å². The van der Waals surface area contributed by atoms with Crippen molar-refractivity contribution < 1.29 is 18.3 Å². The molecule has 1 N–H and O–H groups in total. The van der Waals surface area contributed by atoms with Gasteiger partial charge in [-0.25, -0.2) is 9.50 Å². The fraction of sp³-hybridized carbons (Fsp3) is 0.333. The second-order valence-corrected chi connectivity index (χ2v) is 6.43. The smallest absolute Gasteiger partial charge is 0.391 e. The number of hydrogen-bond acceptors (Lipinski definition) is 4. The van der Waals surface area contributed by atoms with Crippen molar-refractivity contribution in [1.82, 2.24) is 14.6 Å². The number of aromatic nitrogens is 3. The molecule has 0 amide bonds. The van der Waals surface area contributed by atoms with E-state index in [1.165, 1.54) is 6.07 Å². The van der Waals surface area contributed by atoms with Gasteiger partial charge in [-0.3, -0.25) is 0 Å². The molecule has 4 rings (SSSR count). The number of rotatable bonds is 2. The van der Waals surface area contributed by atoms with Gasteiger partial charge in [-0.15, -0.1) is 0 Å². The lowest BCUT2D eigenvalue weighted by Crippen LogP contribution is -2.38. The number of alkyl halides is 3. The van der Waals surface area contributed by atoms with Crippen LogP contribution in [0.3, 0.4) is 0 Å². The van der Waals surface area contributed by atoms with Crippen molar-refractivity contribution in [2.45, 2.75) is 25.1 Å². The topological polar surface area (TPSA) is 53.7 Å².